The topological polar surface area (TPSA) is 29.3 Å². The van der Waals surface area contributed by atoms with Crippen molar-refractivity contribution in [3.05, 3.63) is 71.8 Å². The molecule has 2 aromatic carbocycles. The zero-order valence-corrected chi connectivity index (χ0v) is 15.6. The first-order valence-electron chi connectivity index (χ1n) is 8.38. The van der Waals surface area contributed by atoms with Gasteiger partial charge in [-0.05, 0) is 55.4 Å². The summed E-state index contributed by atoms with van der Waals surface area (Å²) in [6.07, 6.45) is 2.51. The molecule has 0 saturated carbocycles. The number of hydrogen-bond acceptors (Lipinski definition) is 2. The number of halogens is 2. The second kappa shape index (κ2) is 10.7. The third-order valence-electron chi connectivity index (χ3n) is 4.93. The summed E-state index contributed by atoms with van der Waals surface area (Å²) < 4.78 is 0. The van der Waals surface area contributed by atoms with Gasteiger partial charge in [0, 0.05) is 6.54 Å². The Labute approximate surface area is 158 Å². The molecule has 0 amide bonds. The SMILES string of the molecule is Cl.Cl.NCC(c1ccccc1)C1CCN(Cc2ccccc2)CC1. The normalized spacial score (nSPS) is 16.7. The van der Waals surface area contributed by atoms with Gasteiger partial charge in [0.1, 0.15) is 0 Å². The van der Waals surface area contributed by atoms with Gasteiger partial charge in [-0.15, -0.1) is 24.8 Å². The quantitative estimate of drug-likeness (QED) is 0.844. The largest absolute Gasteiger partial charge is 0.330 e. The van der Waals surface area contributed by atoms with Crippen LogP contribution in [0.5, 0.6) is 0 Å². The minimum absolute atomic E-state index is 0. The van der Waals surface area contributed by atoms with Crippen LogP contribution in [0.3, 0.4) is 0 Å². The van der Waals surface area contributed by atoms with Crippen LogP contribution in [0.25, 0.3) is 0 Å². The molecule has 2 N–H and O–H groups in total. The number of nitrogens with zero attached hydrogens (tertiary/aromatic N) is 1. The molecule has 132 valence electrons. The van der Waals surface area contributed by atoms with E-state index in [0.717, 1.165) is 19.0 Å². The van der Waals surface area contributed by atoms with Crippen molar-refractivity contribution in [1.29, 1.82) is 0 Å². The highest BCUT2D eigenvalue weighted by molar-refractivity contribution is 5.85. The van der Waals surface area contributed by atoms with Crippen molar-refractivity contribution in [1.82, 2.24) is 4.90 Å². The fourth-order valence-electron chi connectivity index (χ4n) is 3.66. The molecule has 4 heteroatoms. The fourth-order valence-corrected chi connectivity index (χ4v) is 3.66. The van der Waals surface area contributed by atoms with Crippen LogP contribution >= 0.6 is 24.8 Å². The molecule has 1 unspecified atom stereocenters. The molecule has 1 atom stereocenters. The van der Waals surface area contributed by atoms with Crippen LogP contribution in [0, 0.1) is 5.92 Å². The lowest BCUT2D eigenvalue weighted by atomic mass is 9.80. The Hall–Kier alpha value is -1.06. The van der Waals surface area contributed by atoms with Crippen LogP contribution in [0.2, 0.25) is 0 Å². The smallest absolute Gasteiger partial charge is 0.0233 e. The van der Waals surface area contributed by atoms with Crippen LogP contribution in [0.4, 0.5) is 0 Å². The number of benzene rings is 2. The zero-order chi connectivity index (χ0) is 15.2. The maximum atomic E-state index is 6.08. The summed E-state index contributed by atoms with van der Waals surface area (Å²) in [5.41, 5.74) is 8.91. The van der Waals surface area contributed by atoms with Crippen LogP contribution in [0.15, 0.2) is 60.7 Å². The van der Waals surface area contributed by atoms with Gasteiger partial charge in [-0.25, -0.2) is 0 Å². The van der Waals surface area contributed by atoms with Crippen molar-refractivity contribution in [2.75, 3.05) is 19.6 Å². The van der Waals surface area contributed by atoms with E-state index >= 15 is 0 Å². The van der Waals surface area contributed by atoms with E-state index in [2.05, 4.69) is 65.6 Å². The number of rotatable bonds is 5. The van der Waals surface area contributed by atoms with Crippen LogP contribution in [-0.2, 0) is 6.54 Å². The fraction of sp³-hybridized carbons (Fsp3) is 0.400. The first-order valence-corrected chi connectivity index (χ1v) is 8.38. The molecule has 1 aliphatic rings. The van der Waals surface area contributed by atoms with E-state index in [0.29, 0.717) is 5.92 Å². The van der Waals surface area contributed by atoms with E-state index in [9.17, 15) is 0 Å². The summed E-state index contributed by atoms with van der Waals surface area (Å²) in [6, 6.07) is 21.6. The molecule has 1 aliphatic heterocycles. The molecule has 0 radical (unpaired) electrons. The molecule has 0 aliphatic carbocycles. The van der Waals surface area contributed by atoms with Gasteiger partial charge >= 0.3 is 0 Å². The summed E-state index contributed by atoms with van der Waals surface area (Å²) in [5.74, 6) is 1.24. The zero-order valence-electron chi connectivity index (χ0n) is 14.0. The molecule has 1 saturated heterocycles. The summed E-state index contributed by atoms with van der Waals surface area (Å²) in [4.78, 5) is 2.57. The third-order valence-corrected chi connectivity index (χ3v) is 4.93. The Morgan fingerprint density at radius 1 is 0.875 bits per heavy atom. The second-order valence-electron chi connectivity index (χ2n) is 6.35. The van der Waals surface area contributed by atoms with Crippen molar-refractivity contribution in [2.45, 2.75) is 25.3 Å². The van der Waals surface area contributed by atoms with Gasteiger partial charge in [-0.3, -0.25) is 4.90 Å². The minimum Gasteiger partial charge on any atom is -0.330 e. The Bertz CT molecular complexity index is 554. The standard InChI is InChI=1S/C20H26N2.2ClH/c21-15-20(18-9-5-2-6-10-18)19-11-13-22(14-12-19)16-17-7-3-1-4-8-17;;/h1-10,19-20H,11-16,21H2;2*1H. The molecule has 0 spiro atoms. The molecule has 0 aromatic heterocycles. The van der Waals surface area contributed by atoms with Gasteiger partial charge in [-0.2, -0.15) is 0 Å². The summed E-state index contributed by atoms with van der Waals surface area (Å²) >= 11 is 0. The molecule has 1 fully saturated rings. The van der Waals surface area contributed by atoms with Gasteiger partial charge in [-0.1, -0.05) is 60.7 Å². The highest BCUT2D eigenvalue weighted by Crippen LogP contribution is 2.32. The Balaban J connectivity index is 0.00000144. The molecule has 2 nitrogen and oxygen atoms in total. The van der Waals surface area contributed by atoms with Crippen molar-refractivity contribution in [3.8, 4) is 0 Å². The molecule has 2 aromatic rings. The van der Waals surface area contributed by atoms with Crippen LogP contribution < -0.4 is 5.73 Å². The van der Waals surface area contributed by atoms with Crippen molar-refractivity contribution in [2.24, 2.45) is 11.7 Å². The van der Waals surface area contributed by atoms with E-state index in [1.165, 1.54) is 37.1 Å². The van der Waals surface area contributed by atoms with E-state index in [-0.39, 0.29) is 24.8 Å². The Kier molecular flexibility index (Phi) is 9.38. The first-order chi connectivity index (χ1) is 10.9. The lowest BCUT2D eigenvalue weighted by Crippen LogP contribution is -2.36. The molecular weight excluding hydrogens is 339 g/mol. The molecular formula is C20H28Cl2N2. The van der Waals surface area contributed by atoms with Crippen molar-refractivity contribution < 1.29 is 0 Å². The number of hydrogen-bond donors (Lipinski definition) is 1. The summed E-state index contributed by atoms with van der Waals surface area (Å²) in [7, 11) is 0. The van der Waals surface area contributed by atoms with E-state index < -0.39 is 0 Å². The Morgan fingerprint density at radius 2 is 1.42 bits per heavy atom. The molecule has 3 rings (SSSR count). The second-order valence-corrected chi connectivity index (χ2v) is 6.35. The van der Waals surface area contributed by atoms with E-state index in [1.54, 1.807) is 0 Å². The van der Waals surface area contributed by atoms with Gasteiger partial charge in [0.15, 0.2) is 0 Å². The Morgan fingerprint density at radius 3 is 1.96 bits per heavy atom. The van der Waals surface area contributed by atoms with Gasteiger partial charge in [0.05, 0.1) is 0 Å². The summed E-state index contributed by atoms with van der Waals surface area (Å²) in [6.45, 7) is 4.20. The lowest BCUT2D eigenvalue weighted by molar-refractivity contribution is 0.163. The van der Waals surface area contributed by atoms with Crippen LogP contribution in [-0.4, -0.2) is 24.5 Å². The third kappa shape index (κ3) is 5.49. The van der Waals surface area contributed by atoms with Crippen LogP contribution in [0.1, 0.15) is 29.9 Å². The molecule has 0 bridgehead atoms. The highest BCUT2D eigenvalue weighted by atomic mass is 35.5. The predicted molar refractivity (Wildman–Crippen MR) is 107 cm³/mol. The highest BCUT2D eigenvalue weighted by Gasteiger charge is 2.26. The number of nitrogens with two attached hydrogens (primary N) is 1. The minimum atomic E-state index is 0. The average Bonchev–Trinajstić information content (AvgIpc) is 2.59. The summed E-state index contributed by atoms with van der Waals surface area (Å²) in [5, 5.41) is 0. The maximum Gasteiger partial charge on any atom is 0.0233 e. The van der Waals surface area contributed by atoms with Crippen molar-refractivity contribution in [3.63, 3.8) is 0 Å². The van der Waals surface area contributed by atoms with Gasteiger partial charge < -0.3 is 5.73 Å². The lowest BCUT2D eigenvalue weighted by Gasteiger charge is -2.36. The number of piperidine rings is 1. The average molecular weight is 367 g/mol. The monoisotopic (exact) mass is 366 g/mol. The van der Waals surface area contributed by atoms with Gasteiger partial charge in [0.25, 0.3) is 0 Å². The predicted octanol–water partition coefficient (Wildman–Crippen LogP) is 4.48. The number of likely N-dealkylation sites (tertiary alicyclic amines) is 1. The maximum absolute atomic E-state index is 6.08. The first kappa shape index (κ1) is 21.0. The van der Waals surface area contributed by atoms with E-state index in [1.807, 2.05) is 0 Å². The van der Waals surface area contributed by atoms with Crippen molar-refractivity contribution >= 4 is 24.8 Å². The van der Waals surface area contributed by atoms with Gasteiger partial charge in [0.2, 0.25) is 0 Å². The molecule has 24 heavy (non-hydrogen) atoms. The molecule has 1 heterocycles. The van der Waals surface area contributed by atoms with E-state index in [4.69, 9.17) is 5.73 Å².